The van der Waals surface area contributed by atoms with Gasteiger partial charge in [-0.05, 0) is 119 Å². The van der Waals surface area contributed by atoms with Crippen LogP contribution in [0.25, 0.3) is 98.8 Å². The zero-order valence-electron chi connectivity index (χ0n) is 35.0. The van der Waals surface area contributed by atoms with Crippen molar-refractivity contribution in [1.82, 2.24) is 0 Å². The molecule has 10 aromatic rings. The quantitative estimate of drug-likeness (QED) is 0.176. The molecule has 0 bridgehead atoms. The first kappa shape index (κ1) is 20.0. The minimum atomic E-state index is -0.540. The lowest BCUT2D eigenvalue weighted by Crippen LogP contribution is -1.92. The fraction of sp³-hybridized carbons (Fsp3) is 0. The van der Waals surface area contributed by atoms with Crippen LogP contribution in [0.15, 0.2) is 186 Å². The average molecular weight is 632 g/mol. The normalized spacial score (nSPS) is 14.2. The van der Waals surface area contributed by atoms with E-state index in [9.17, 15) is 5.48 Å². The molecule has 0 aliphatic rings. The summed E-state index contributed by atoms with van der Waals surface area (Å²) in [5.41, 5.74) is 6.58. The van der Waals surface area contributed by atoms with Crippen molar-refractivity contribution >= 4 is 54.3 Å². The number of hydrogen-bond donors (Lipinski definition) is 0. The fourth-order valence-corrected chi connectivity index (χ4v) is 7.06. The average Bonchev–Trinajstić information content (AvgIpc) is 3.68. The van der Waals surface area contributed by atoms with Gasteiger partial charge in [0.25, 0.3) is 0 Å². The Morgan fingerprint density at radius 3 is 1.39 bits per heavy atom. The van der Waals surface area contributed by atoms with Crippen LogP contribution in [0, 0.1) is 0 Å². The summed E-state index contributed by atoms with van der Waals surface area (Å²) >= 11 is 0. The number of rotatable bonds is 4. The molecule has 0 unspecified atom stereocenters. The number of fused-ring (bicyclic) bond motifs is 6. The molecule has 228 valence electrons. The molecule has 0 aliphatic carbocycles. The molecular weight excluding hydrogens is 593 g/mol. The van der Waals surface area contributed by atoms with Crippen molar-refractivity contribution in [2.24, 2.45) is 0 Å². The van der Waals surface area contributed by atoms with Crippen LogP contribution in [0.2, 0.25) is 0 Å². The van der Waals surface area contributed by atoms with Crippen LogP contribution in [-0.4, -0.2) is 0 Å². The van der Waals surface area contributed by atoms with Crippen molar-refractivity contribution in [2.45, 2.75) is 0 Å². The second-order valence-electron chi connectivity index (χ2n) is 12.1. The van der Waals surface area contributed by atoms with Gasteiger partial charge in [-0.3, -0.25) is 0 Å². The van der Waals surface area contributed by atoms with Crippen LogP contribution >= 0.6 is 0 Å². The van der Waals surface area contributed by atoms with Gasteiger partial charge in [0, 0.05) is 10.8 Å². The molecule has 0 aliphatic heterocycles. The molecular formula is C48H30O. The fourth-order valence-electron chi connectivity index (χ4n) is 7.06. The Labute approximate surface area is 297 Å². The topological polar surface area (TPSA) is 13.1 Å². The van der Waals surface area contributed by atoms with Crippen molar-refractivity contribution in [3.05, 3.63) is 182 Å². The van der Waals surface area contributed by atoms with E-state index in [1.807, 2.05) is 84.9 Å². The molecule has 49 heavy (non-hydrogen) atoms. The van der Waals surface area contributed by atoms with Crippen LogP contribution < -0.4 is 0 Å². The predicted molar refractivity (Wildman–Crippen MR) is 208 cm³/mol. The summed E-state index contributed by atoms with van der Waals surface area (Å²) in [5, 5.41) is 2.95. The van der Waals surface area contributed by atoms with Gasteiger partial charge >= 0.3 is 0 Å². The van der Waals surface area contributed by atoms with Crippen molar-refractivity contribution in [2.75, 3.05) is 0 Å². The molecule has 0 N–H and O–H groups in total. The molecule has 1 nitrogen and oxygen atoms in total. The summed E-state index contributed by atoms with van der Waals surface area (Å²) in [6.07, 6.45) is 0. The van der Waals surface area contributed by atoms with Gasteiger partial charge < -0.3 is 4.42 Å². The highest BCUT2D eigenvalue weighted by atomic mass is 16.3. The lowest BCUT2D eigenvalue weighted by molar-refractivity contribution is 0.669. The summed E-state index contributed by atoms with van der Waals surface area (Å²) < 4.78 is 86.7. The first-order chi connectivity index (χ1) is 28.1. The lowest BCUT2D eigenvalue weighted by Gasteiger charge is -2.19. The second-order valence-corrected chi connectivity index (χ2v) is 12.1. The Morgan fingerprint density at radius 1 is 0.347 bits per heavy atom. The minimum absolute atomic E-state index is 0.00585. The van der Waals surface area contributed by atoms with Crippen LogP contribution in [0.3, 0.4) is 0 Å². The summed E-state index contributed by atoms with van der Waals surface area (Å²) in [6.45, 7) is 0. The van der Waals surface area contributed by atoms with E-state index in [4.69, 9.17) is 11.3 Å². The second kappa shape index (κ2) is 11.1. The Hall–Kier alpha value is -6.44. The van der Waals surface area contributed by atoms with Gasteiger partial charge in [-0.1, -0.05) is 139 Å². The van der Waals surface area contributed by atoms with Gasteiger partial charge in [0.15, 0.2) is 0 Å². The first-order valence-corrected chi connectivity index (χ1v) is 16.1. The van der Waals surface area contributed by atoms with E-state index in [0.717, 1.165) is 54.9 Å². The number of hydrogen-bond acceptors (Lipinski definition) is 1. The van der Waals surface area contributed by atoms with Crippen molar-refractivity contribution in [3.8, 4) is 44.5 Å². The third kappa shape index (κ3) is 4.55. The lowest BCUT2D eigenvalue weighted by atomic mass is 9.84. The van der Waals surface area contributed by atoms with E-state index in [2.05, 4.69) is 42.5 Å². The maximum absolute atomic E-state index is 9.82. The molecule has 1 heteroatoms. The zero-order chi connectivity index (χ0) is 40.1. The molecule has 0 spiro atoms. The molecule has 9 aromatic carbocycles. The molecule has 0 saturated heterocycles. The van der Waals surface area contributed by atoms with E-state index in [1.54, 1.807) is 0 Å². The van der Waals surface area contributed by atoms with E-state index < -0.39 is 24.2 Å². The predicted octanol–water partition coefficient (Wildman–Crippen LogP) is 13.7. The third-order valence-electron chi connectivity index (χ3n) is 9.25. The van der Waals surface area contributed by atoms with Gasteiger partial charge in [-0.2, -0.15) is 0 Å². The Balaban J connectivity index is 1.33. The maximum Gasteiger partial charge on any atom is 0.136 e. The Kier molecular flexibility index (Phi) is 4.53. The number of benzene rings is 9. The maximum atomic E-state index is 9.82. The molecule has 1 aromatic heterocycles. The van der Waals surface area contributed by atoms with Gasteiger partial charge in [0.05, 0.1) is 12.3 Å². The zero-order valence-corrected chi connectivity index (χ0v) is 26.0. The van der Waals surface area contributed by atoms with Crippen LogP contribution in [0.5, 0.6) is 0 Å². The summed E-state index contributed by atoms with van der Waals surface area (Å²) in [5.74, 6) is 0. The van der Waals surface area contributed by atoms with Crippen LogP contribution in [0.4, 0.5) is 0 Å². The Morgan fingerprint density at radius 2 is 0.816 bits per heavy atom. The van der Waals surface area contributed by atoms with Gasteiger partial charge in [0.2, 0.25) is 0 Å². The smallest absolute Gasteiger partial charge is 0.136 e. The van der Waals surface area contributed by atoms with Crippen LogP contribution in [0.1, 0.15) is 12.3 Å². The highest BCUT2D eigenvalue weighted by Gasteiger charge is 2.19. The summed E-state index contributed by atoms with van der Waals surface area (Å²) in [6, 6.07) is 39.3. The molecule has 10 rings (SSSR count). The van der Waals surface area contributed by atoms with Gasteiger partial charge in [0.1, 0.15) is 11.2 Å². The standard InChI is InChI=1S/C48H30O/c1-3-13-31(14-4-1)36-25-37(32-15-5-2-6-16-32)27-38(26-36)48-41-21-11-9-19-39(41)47(40-20-10-12-22-42(40)48)35-23-24-45-43(29-35)44-28-33-17-7-8-18-34(33)30-46(44)49-45/h1-30H/i7D,8D,17D,18D,23D,24D,28D,29D,30D. The molecule has 0 amide bonds. The van der Waals surface area contributed by atoms with E-state index in [-0.39, 0.29) is 68.5 Å². The SMILES string of the molecule is [2H]c1c(-c2c3ccccc3c(-c3cc(-c4ccccc4)cc(-c4ccccc4)c3)c3ccccc23)c([2H])c2c(oc3c([2H])c4c([2H])c([2H])c([2H])c([2H])c4c([2H])c32)c1[2H]. The van der Waals surface area contributed by atoms with E-state index in [0.29, 0.717) is 5.56 Å². The summed E-state index contributed by atoms with van der Waals surface area (Å²) in [7, 11) is 0. The van der Waals surface area contributed by atoms with E-state index in [1.165, 1.54) is 0 Å². The molecule has 0 atom stereocenters. The van der Waals surface area contributed by atoms with Crippen molar-refractivity contribution in [3.63, 3.8) is 0 Å². The largest absolute Gasteiger partial charge is 0.456 e. The monoisotopic (exact) mass is 631 g/mol. The third-order valence-corrected chi connectivity index (χ3v) is 9.25. The molecule has 0 radical (unpaired) electrons. The molecule has 1 heterocycles. The van der Waals surface area contributed by atoms with Crippen LogP contribution in [-0.2, 0) is 0 Å². The van der Waals surface area contributed by atoms with Crippen molar-refractivity contribution in [1.29, 1.82) is 0 Å². The summed E-state index contributed by atoms with van der Waals surface area (Å²) in [4.78, 5) is 0. The molecule has 0 fully saturated rings. The highest BCUT2D eigenvalue weighted by molar-refractivity contribution is 6.22. The van der Waals surface area contributed by atoms with Gasteiger partial charge in [-0.25, -0.2) is 0 Å². The first-order valence-electron chi connectivity index (χ1n) is 20.6. The Bertz CT molecular complexity index is 3260. The number of furan rings is 1. The van der Waals surface area contributed by atoms with E-state index >= 15 is 0 Å². The van der Waals surface area contributed by atoms with Crippen molar-refractivity contribution < 1.29 is 16.8 Å². The molecule has 0 saturated carbocycles. The highest BCUT2D eigenvalue weighted by Crippen LogP contribution is 2.46. The van der Waals surface area contributed by atoms with Gasteiger partial charge in [-0.15, -0.1) is 0 Å². The minimum Gasteiger partial charge on any atom is -0.456 e.